The van der Waals surface area contributed by atoms with Gasteiger partial charge in [0, 0.05) is 34.3 Å². The first-order valence-electron chi connectivity index (χ1n) is 11.2. The van der Waals surface area contributed by atoms with E-state index in [1.807, 2.05) is 78.9 Å². The van der Waals surface area contributed by atoms with E-state index in [0.717, 1.165) is 44.8 Å². The molecule has 0 aliphatic carbocycles. The van der Waals surface area contributed by atoms with E-state index in [0.29, 0.717) is 17.2 Å². The van der Waals surface area contributed by atoms with Crippen molar-refractivity contribution in [2.24, 2.45) is 0 Å². The number of fused-ring (bicyclic) bond motifs is 5. The van der Waals surface area contributed by atoms with Gasteiger partial charge < -0.3 is 18.8 Å². The Kier molecular flexibility index (Phi) is 4.11. The monoisotopic (exact) mass is 441 g/mol. The number of hydrogen-bond acceptors (Lipinski definition) is 4. The molecule has 0 unspecified atom stereocenters. The van der Waals surface area contributed by atoms with Gasteiger partial charge in [0.25, 0.3) is 0 Å². The van der Waals surface area contributed by atoms with Gasteiger partial charge in [0.2, 0.25) is 0 Å². The lowest BCUT2D eigenvalue weighted by Crippen LogP contribution is -2.10. The van der Waals surface area contributed by atoms with Crippen LogP contribution in [0.15, 0.2) is 120 Å². The van der Waals surface area contributed by atoms with E-state index in [-0.39, 0.29) is 0 Å². The minimum atomic E-state index is 0.682. The predicted molar refractivity (Wildman–Crippen MR) is 135 cm³/mol. The fourth-order valence-corrected chi connectivity index (χ4v) is 4.53. The molecule has 7 rings (SSSR count). The van der Waals surface area contributed by atoms with Crippen LogP contribution < -0.4 is 14.4 Å². The Labute approximate surface area is 196 Å². The molecule has 0 N–H and O–H groups in total. The molecule has 1 aliphatic rings. The van der Waals surface area contributed by atoms with Gasteiger partial charge in [-0.05, 0) is 54.6 Å². The molecular formula is C30H19NO3. The van der Waals surface area contributed by atoms with E-state index in [2.05, 4.69) is 41.3 Å². The number of rotatable bonds is 3. The molecule has 2 heterocycles. The highest BCUT2D eigenvalue weighted by Crippen LogP contribution is 2.48. The number of anilines is 3. The van der Waals surface area contributed by atoms with Gasteiger partial charge in [0.1, 0.15) is 11.2 Å². The van der Waals surface area contributed by atoms with Crippen LogP contribution in [0.25, 0.3) is 21.9 Å². The van der Waals surface area contributed by atoms with Gasteiger partial charge in [-0.3, -0.25) is 0 Å². The number of para-hydroxylation sites is 4. The molecule has 0 atom stereocenters. The molecule has 0 saturated carbocycles. The van der Waals surface area contributed by atoms with Gasteiger partial charge in [0.05, 0.1) is 5.69 Å². The summed E-state index contributed by atoms with van der Waals surface area (Å²) in [5.74, 6) is 2.81. The lowest BCUT2D eigenvalue weighted by molar-refractivity contribution is 0.360. The zero-order chi connectivity index (χ0) is 22.5. The standard InChI is InChI=1S/C30H19NO3/c1-2-8-20(9-3-1)31(21-14-16-24-23-10-4-5-11-25(23)32-29(24)18-21)22-15-17-28-30(19-22)34-27-13-7-6-12-26(27)33-28/h1-19H. The van der Waals surface area contributed by atoms with Crippen molar-refractivity contribution < 1.29 is 13.9 Å². The minimum absolute atomic E-state index is 0.682. The second kappa shape index (κ2) is 7.42. The van der Waals surface area contributed by atoms with Gasteiger partial charge >= 0.3 is 0 Å². The molecule has 34 heavy (non-hydrogen) atoms. The molecule has 162 valence electrons. The zero-order valence-corrected chi connectivity index (χ0v) is 18.1. The topological polar surface area (TPSA) is 34.8 Å². The van der Waals surface area contributed by atoms with E-state index in [1.165, 1.54) is 0 Å². The third kappa shape index (κ3) is 3.00. The summed E-state index contributed by atoms with van der Waals surface area (Å²) in [6, 6.07) is 38.5. The van der Waals surface area contributed by atoms with Crippen molar-refractivity contribution >= 4 is 39.0 Å². The lowest BCUT2D eigenvalue weighted by atomic mass is 10.1. The SMILES string of the molecule is c1ccc(N(c2ccc3c(c2)Oc2ccccc2O3)c2ccc3c(c2)oc2ccccc23)cc1. The molecule has 6 aromatic rings. The maximum Gasteiger partial charge on any atom is 0.172 e. The highest BCUT2D eigenvalue weighted by atomic mass is 16.6. The highest BCUT2D eigenvalue weighted by molar-refractivity contribution is 6.06. The summed E-state index contributed by atoms with van der Waals surface area (Å²) >= 11 is 0. The van der Waals surface area contributed by atoms with E-state index in [4.69, 9.17) is 13.9 Å². The predicted octanol–water partition coefficient (Wildman–Crippen LogP) is 8.95. The van der Waals surface area contributed by atoms with Crippen LogP contribution in [0.1, 0.15) is 0 Å². The van der Waals surface area contributed by atoms with Crippen molar-refractivity contribution in [3.8, 4) is 23.0 Å². The molecule has 0 saturated heterocycles. The Balaban J connectivity index is 1.37. The average molecular weight is 441 g/mol. The van der Waals surface area contributed by atoms with Crippen molar-refractivity contribution in [3.63, 3.8) is 0 Å². The Morgan fingerprint density at radius 1 is 0.412 bits per heavy atom. The second-order valence-corrected chi connectivity index (χ2v) is 8.23. The highest BCUT2D eigenvalue weighted by Gasteiger charge is 2.21. The number of hydrogen-bond donors (Lipinski definition) is 0. The number of benzene rings is 5. The molecule has 0 spiro atoms. The fraction of sp³-hybridized carbons (Fsp3) is 0. The smallest absolute Gasteiger partial charge is 0.172 e. The largest absolute Gasteiger partial charge is 0.456 e. The maximum atomic E-state index is 6.18. The first-order valence-corrected chi connectivity index (χ1v) is 11.2. The van der Waals surface area contributed by atoms with Crippen molar-refractivity contribution in [1.29, 1.82) is 0 Å². The molecular weight excluding hydrogens is 422 g/mol. The molecule has 0 radical (unpaired) electrons. The Bertz CT molecular complexity index is 1670. The molecule has 0 amide bonds. The van der Waals surface area contributed by atoms with Gasteiger partial charge in [-0.2, -0.15) is 0 Å². The zero-order valence-electron chi connectivity index (χ0n) is 18.1. The first kappa shape index (κ1) is 18.8. The first-order chi connectivity index (χ1) is 16.8. The summed E-state index contributed by atoms with van der Waals surface area (Å²) in [6.07, 6.45) is 0. The third-order valence-corrected chi connectivity index (χ3v) is 6.11. The van der Waals surface area contributed by atoms with E-state index in [9.17, 15) is 0 Å². The van der Waals surface area contributed by atoms with Crippen LogP contribution in [0, 0.1) is 0 Å². The van der Waals surface area contributed by atoms with Crippen LogP contribution >= 0.6 is 0 Å². The summed E-state index contributed by atoms with van der Waals surface area (Å²) in [4.78, 5) is 2.19. The third-order valence-electron chi connectivity index (χ3n) is 6.11. The number of furan rings is 1. The van der Waals surface area contributed by atoms with Gasteiger partial charge in [-0.25, -0.2) is 0 Å². The average Bonchev–Trinajstić information content (AvgIpc) is 3.26. The summed E-state index contributed by atoms with van der Waals surface area (Å²) in [7, 11) is 0. The van der Waals surface area contributed by atoms with Crippen LogP contribution in [0.5, 0.6) is 23.0 Å². The summed E-state index contributed by atoms with van der Waals surface area (Å²) < 4.78 is 18.4. The van der Waals surface area contributed by atoms with Crippen molar-refractivity contribution in [2.45, 2.75) is 0 Å². The molecule has 4 heteroatoms. The molecule has 5 aromatic carbocycles. The molecule has 1 aromatic heterocycles. The normalized spacial score (nSPS) is 12.0. The molecule has 1 aliphatic heterocycles. The molecule has 0 fully saturated rings. The van der Waals surface area contributed by atoms with Gasteiger partial charge in [-0.15, -0.1) is 0 Å². The van der Waals surface area contributed by atoms with Crippen molar-refractivity contribution in [2.75, 3.05) is 4.90 Å². The van der Waals surface area contributed by atoms with Crippen molar-refractivity contribution in [1.82, 2.24) is 0 Å². The van der Waals surface area contributed by atoms with Crippen LogP contribution in [0.2, 0.25) is 0 Å². The Hall–Kier alpha value is -4.70. The maximum absolute atomic E-state index is 6.18. The van der Waals surface area contributed by atoms with Crippen LogP contribution in [-0.2, 0) is 0 Å². The number of ether oxygens (including phenoxy) is 2. The van der Waals surface area contributed by atoms with E-state index < -0.39 is 0 Å². The number of nitrogens with zero attached hydrogens (tertiary/aromatic N) is 1. The molecule has 4 nitrogen and oxygen atoms in total. The van der Waals surface area contributed by atoms with Crippen LogP contribution in [-0.4, -0.2) is 0 Å². The van der Waals surface area contributed by atoms with Gasteiger partial charge in [0.15, 0.2) is 23.0 Å². The fourth-order valence-electron chi connectivity index (χ4n) is 4.53. The minimum Gasteiger partial charge on any atom is -0.456 e. The Morgan fingerprint density at radius 2 is 1.03 bits per heavy atom. The lowest BCUT2D eigenvalue weighted by Gasteiger charge is -2.27. The molecule has 0 bridgehead atoms. The van der Waals surface area contributed by atoms with E-state index in [1.54, 1.807) is 0 Å². The summed E-state index contributed by atoms with van der Waals surface area (Å²) in [5.41, 5.74) is 4.73. The quantitative estimate of drug-likeness (QED) is 0.274. The second-order valence-electron chi connectivity index (χ2n) is 8.23. The van der Waals surface area contributed by atoms with Crippen LogP contribution in [0.4, 0.5) is 17.1 Å². The summed E-state index contributed by atoms with van der Waals surface area (Å²) in [5, 5.41) is 2.22. The van der Waals surface area contributed by atoms with E-state index >= 15 is 0 Å². The van der Waals surface area contributed by atoms with Gasteiger partial charge in [-0.1, -0.05) is 48.5 Å². The summed E-state index contributed by atoms with van der Waals surface area (Å²) in [6.45, 7) is 0. The van der Waals surface area contributed by atoms with Crippen molar-refractivity contribution in [3.05, 3.63) is 115 Å². The van der Waals surface area contributed by atoms with Crippen LogP contribution in [0.3, 0.4) is 0 Å². The Morgan fingerprint density at radius 3 is 1.88 bits per heavy atom.